The van der Waals surface area contributed by atoms with E-state index in [0.717, 1.165) is 0 Å². The van der Waals surface area contributed by atoms with Gasteiger partial charge in [0.1, 0.15) is 0 Å². The smallest absolute Gasteiger partial charge is 1.00 e. The van der Waals surface area contributed by atoms with Crippen molar-refractivity contribution in [3.63, 3.8) is 0 Å². The summed E-state index contributed by atoms with van der Waals surface area (Å²) in [6.45, 7) is 0. The molecule has 0 amide bonds. The second-order valence-electron chi connectivity index (χ2n) is 1.61. The van der Waals surface area contributed by atoms with Crippen LogP contribution in [0.15, 0.2) is 0 Å². The fourth-order valence-corrected chi connectivity index (χ4v) is 2.82. The molecule has 15 heteroatoms. The topological polar surface area (TPSA) is 202 Å². The zero-order chi connectivity index (χ0) is 10.9. The van der Waals surface area contributed by atoms with Gasteiger partial charge in [-0.25, -0.2) is 13.7 Å². The molecule has 0 atom stereocenters. The Labute approximate surface area is 127 Å². The molecule has 90 valence electrons. The van der Waals surface area contributed by atoms with E-state index in [2.05, 4.69) is 8.62 Å². The van der Waals surface area contributed by atoms with Crippen molar-refractivity contribution in [1.82, 2.24) is 0 Å². The third-order valence-corrected chi connectivity index (χ3v) is 3.77. The summed E-state index contributed by atoms with van der Waals surface area (Å²) in [4.78, 5) is 40.2. The fraction of sp³-hybridized carbons (Fsp3) is 0. The molecule has 7 N–H and O–H groups in total. The van der Waals surface area contributed by atoms with E-state index in [1.165, 1.54) is 0 Å². The summed E-state index contributed by atoms with van der Waals surface area (Å²) in [5.41, 5.74) is 0. The first-order chi connectivity index (χ1) is 5.41. The van der Waals surface area contributed by atoms with Crippen LogP contribution in [0, 0.1) is 0 Å². The maximum atomic E-state index is 10.4. The van der Waals surface area contributed by atoms with Gasteiger partial charge in [0.2, 0.25) is 0 Å². The van der Waals surface area contributed by atoms with E-state index in [9.17, 15) is 13.7 Å². The van der Waals surface area contributed by atoms with Crippen LogP contribution in [0.5, 0.6) is 0 Å². The minimum atomic E-state index is -5.46. The molecule has 0 aliphatic heterocycles. The molecule has 0 spiro atoms. The van der Waals surface area contributed by atoms with Gasteiger partial charge in [-0.1, -0.05) is 0 Å². The summed E-state index contributed by atoms with van der Waals surface area (Å²) in [7, 11) is -16.2. The third kappa shape index (κ3) is 16.0. The van der Waals surface area contributed by atoms with E-state index in [1.807, 2.05) is 0 Å². The van der Waals surface area contributed by atoms with Crippen LogP contribution in [0.2, 0.25) is 0 Å². The average Bonchev–Trinajstić information content (AvgIpc) is 1.43. The maximum absolute atomic E-state index is 10.4. The monoisotopic (exact) mass is 316 g/mol. The van der Waals surface area contributed by atoms with Gasteiger partial charge in [-0.3, -0.25) is 0 Å². The molecule has 0 saturated carbocycles. The first-order valence-electron chi connectivity index (χ1n) is 2.28. The van der Waals surface area contributed by atoms with Gasteiger partial charge >= 0.3 is 74.9 Å². The molecule has 15 heavy (non-hydrogen) atoms. The normalized spacial score (nSPS) is 12.6. The Morgan fingerprint density at radius 2 is 1.00 bits per heavy atom. The SMILES string of the molecule is O.O=P(O)(O)OP(=O)(O)OP(=O)(O)O.[H-].[K+]. The first-order valence-corrected chi connectivity index (χ1v) is 6.83. The molecule has 0 aliphatic carbocycles. The first kappa shape index (κ1) is 22.2. The molecule has 0 aromatic heterocycles. The van der Waals surface area contributed by atoms with E-state index in [1.54, 1.807) is 0 Å². The van der Waals surface area contributed by atoms with Gasteiger partial charge in [-0.15, -0.1) is 0 Å². The van der Waals surface area contributed by atoms with E-state index in [-0.39, 0.29) is 58.3 Å². The Kier molecular flexibility index (Phi) is 11.0. The Morgan fingerprint density at radius 3 is 1.13 bits per heavy atom. The summed E-state index contributed by atoms with van der Waals surface area (Å²) in [5.74, 6) is 0. The summed E-state index contributed by atoms with van der Waals surface area (Å²) < 4.78 is 36.4. The van der Waals surface area contributed by atoms with Crippen LogP contribution < -0.4 is 51.4 Å². The molecule has 0 aliphatic rings. The van der Waals surface area contributed by atoms with Crippen molar-refractivity contribution in [3.8, 4) is 0 Å². The average molecular weight is 316 g/mol. The van der Waals surface area contributed by atoms with Gasteiger partial charge in [0, 0.05) is 0 Å². The summed E-state index contributed by atoms with van der Waals surface area (Å²) >= 11 is 0. The second-order valence-corrected chi connectivity index (χ2v) is 5.82. The molecule has 0 fully saturated rings. The third-order valence-electron chi connectivity index (χ3n) is 0.419. The zero-order valence-corrected chi connectivity index (χ0v) is 12.9. The molecule has 11 nitrogen and oxygen atoms in total. The molecule has 0 unspecified atom stereocenters. The van der Waals surface area contributed by atoms with Gasteiger partial charge < -0.3 is 31.4 Å². The van der Waals surface area contributed by atoms with Crippen molar-refractivity contribution in [3.05, 3.63) is 0 Å². The van der Waals surface area contributed by atoms with Crippen LogP contribution in [-0.2, 0) is 22.3 Å². The van der Waals surface area contributed by atoms with Gasteiger partial charge in [0.25, 0.3) is 0 Å². The van der Waals surface area contributed by atoms with E-state index in [4.69, 9.17) is 24.5 Å². The van der Waals surface area contributed by atoms with Crippen molar-refractivity contribution >= 4 is 23.5 Å². The number of hydrogen-bond donors (Lipinski definition) is 5. The largest absolute Gasteiger partial charge is 1.00 e. The molecular formula is H8KO11P3. The molecule has 0 rings (SSSR count). The Hall–Kier alpha value is 2.01. The molecule has 0 bridgehead atoms. The van der Waals surface area contributed by atoms with Gasteiger partial charge in [0.05, 0.1) is 0 Å². The fourth-order valence-electron chi connectivity index (χ4n) is 0.284. The van der Waals surface area contributed by atoms with E-state index < -0.39 is 23.5 Å². The molecule has 0 aromatic carbocycles. The quantitative estimate of drug-likeness (QED) is 0.249. The van der Waals surface area contributed by atoms with Crippen LogP contribution in [0.1, 0.15) is 1.43 Å². The Balaban J connectivity index is -0.000000240. The van der Waals surface area contributed by atoms with Crippen LogP contribution in [0.25, 0.3) is 0 Å². The Bertz CT molecular complexity index is 283. The number of hydrogen-bond acceptors (Lipinski definition) is 5. The zero-order valence-electron chi connectivity index (χ0n) is 8.12. The molecule has 0 heterocycles. The number of phosphoric acid groups is 3. The van der Waals surface area contributed by atoms with Crippen molar-refractivity contribution < 1.29 is 105 Å². The van der Waals surface area contributed by atoms with Gasteiger partial charge in [0.15, 0.2) is 0 Å². The standard InChI is InChI=1S/K.H5O10P3.H2O.H/c;1-11(2,3)9-13(7,8)10-12(4,5)6;;/h;(H,7,8)(H2,1,2,3)(H2,4,5,6);1H2;/q+1;;;-1. The van der Waals surface area contributed by atoms with Crippen molar-refractivity contribution in [1.29, 1.82) is 0 Å². The Morgan fingerprint density at radius 1 is 0.800 bits per heavy atom. The van der Waals surface area contributed by atoms with Crippen molar-refractivity contribution in [2.45, 2.75) is 0 Å². The predicted molar refractivity (Wildman–Crippen MR) is 40.8 cm³/mol. The van der Waals surface area contributed by atoms with Crippen molar-refractivity contribution in [2.24, 2.45) is 0 Å². The van der Waals surface area contributed by atoms with Gasteiger partial charge in [-0.2, -0.15) is 8.62 Å². The summed E-state index contributed by atoms with van der Waals surface area (Å²) in [5, 5.41) is 0. The minimum Gasteiger partial charge on any atom is -1.00 e. The minimum absolute atomic E-state index is 0. The maximum Gasteiger partial charge on any atom is 1.00 e. The van der Waals surface area contributed by atoms with Gasteiger partial charge in [-0.05, 0) is 0 Å². The van der Waals surface area contributed by atoms with E-state index in [0.29, 0.717) is 0 Å². The van der Waals surface area contributed by atoms with Crippen LogP contribution in [0.4, 0.5) is 0 Å². The second kappa shape index (κ2) is 7.44. The molecule has 0 radical (unpaired) electrons. The van der Waals surface area contributed by atoms with Crippen LogP contribution in [-0.4, -0.2) is 29.9 Å². The molecule has 0 aromatic rings. The van der Waals surface area contributed by atoms with E-state index >= 15 is 0 Å². The molecular weight excluding hydrogens is 308 g/mol. The molecule has 0 saturated heterocycles. The summed E-state index contributed by atoms with van der Waals surface area (Å²) in [6.07, 6.45) is 0. The predicted octanol–water partition coefficient (Wildman–Crippen LogP) is -4.40. The summed E-state index contributed by atoms with van der Waals surface area (Å²) in [6, 6.07) is 0. The van der Waals surface area contributed by atoms with Crippen LogP contribution >= 0.6 is 23.5 Å². The van der Waals surface area contributed by atoms with Crippen LogP contribution in [0.3, 0.4) is 0 Å². The van der Waals surface area contributed by atoms with Crippen molar-refractivity contribution in [2.75, 3.05) is 0 Å². The number of rotatable bonds is 4.